The first-order valence-corrected chi connectivity index (χ1v) is 9.75. The SMILES string of the molecule is CC(=O)c1cccc([C@H](CCc2ccccc2)NS(=O)C(C)(C)C)c1. The van der Waals surface area contributed by atoms with E-state index in [9.17, 15) is 9.00 Å². The van der Waals surface area contributed by atoms with Crippen LogP contribution in [0.2, 0.25) is 0 Å². The normalized spacial score (nSPS) is 14.1. The smallest absolute Gasteiger partial charge is 0.159 e. The van der Waals surface area contributed by atoms with Crippen LogP contribution in [0.3, 0.4) is 0 Å². The molecule has 1 N–H and O–H groups in total. The lowest BCUT2D eigenvalue weighted by Crippen LogP contribution is -2.36. The second-order valence-electron chi connectivity index (χ2n) is 7.26. The van der Waals surface area contributed by atoms with Crippen LogP contribution >= 0.6 is 0 Å². The molecule has 2 rings (SSSR count). The van der Waals surface area contributed by atoms with Gasteiger partial charge in [-0.3, -0.25) is 4.79 Å². The first kappa shape index (κ1) is 19.5. The zero-order valence-corrected chi connectivity index (χ0v) is 16.2. The molecule has 0 aliphatic heterocycles. The third kappa shape index (κ3) is 5.91. The molecular formula is C21H27NO2S. The zero-order chi connectivity index (χ0) is 18.4. The maximum Gasteiger partial charge on any atom is 0.159 e. The predicted octanol–water partition coefficient (Wildman–Crippen LogP) is 4.61. The van der Waals surface area contributed by atoms with Gasteiger partial charge in [0.1, 0.15) is 0 Å². The van der Waals surface area contributed by atoms with Crippen LogP contribution in [0, 0.1) is 0 Å². The molecule has 0 heterocycles. The summed E-state index contributed by atoms with van der Waals surface area (Å²) in [7, 11) is -1.18. The number of hydrogen-bond acceptors (Lipinski definition) is 2. The van der Waals surface area contributed by atoms with Crippen molar-refractivity contribution in [3.05, 3.63) is 71.3 Å². The summed E-state index contributed by atoms with van der Waals surface area (Å²) >= 11 is 0. The highest BCUT2D eigenvalue weighted by molar-refractivity contribution is 7.84. The summed E-state index contributed by atoms with van der Waals surface area (Å²) < 4.78 is 15.5. The fraction of sp³-hybridized carbons (Fsp3) is 0.381. The van der Waals surface area contributed by atoms with Crippen molar-refractivity contribution in [1.82, 2.24) is 4.72 Å². The minimum Gasteiger partial charge on any atom is -0.295 e. The first-order valence-electron chi connectivity index (χ1n) is 8.60. The zero-order valence-electron chi connectivity index (χ0n) is 15.4. The standard InChI is InChI=1S/C21H27NO2S/c1-16(23)18-11-8-12-19(15-18)20(22-25(24)21(2,3)4)14-13-17-9-6-5-7-10-17/h5-12,15,20,22H,13-14H2,1-4H3/t20-,25?/m0/s1. The van der Waals surface area contributed by atoms with Gasteiger partial charge in [0.15, 0.2) is 5.78 Å². The van der Waals surface area contributed by atoms with Gasteiger partial charge in [-0.1, -0.05) is 48.5 Å². The van der Waals surface area contributed by atoms with Crippen LogP contribution in [0.25, 0.3) is 0 Å². The van der Waals surface area contributed by atoms with Crippen molar-refractivity contribution in [2.45, 2.75) is 51.3 Å². The van der Waals surface area contributed by atoms with E-state index in [1.165, 1.54) is 5.56 Å². The molecule has 3 nitrogen and oxygen atoms in total. The van der Waals surface area contributed by atoms with E-state index in [1.54, 1.807) is 6.92 Å². The number of ketones is 1. The van der Waals surface area contributed by atoms with E-state index in [1.807, 2.05) is 63.2 Å². The second-order valence-corrected chi connectivity index (χ2v) is 9.26. The Hall–Kier alpha value is -1.78. The minimum atomic E-state index is -1.18. The average molecular weight is 358 g/mol. The molecule has 2 aromatic rings. The molecule has 25 heavy (non-hydrogen) atoms. The fourth-order valence-corrected chi connectivity index (χ4v) is 3.40. The van der Waals surface area contributed by atoms with E-state index >= 15 is 0 Å². The summed E-state index contributed by atoms with van der Waals surface area (Å²) in [6.07, 6.45) is 1.69. The summed E-state index contributed by atoms with van der Waals surface area (Å²) in [5.41, 5.74) is 2.94. The van der Waals surface area contributed by atoms with Crippen LogP contribution in [0.5, 0.6) is 0 Å². The van der Waals surface area contributed by atoms with Crippen LogP contribution in [0.4, 0.5) is 0 Å². The highest BCUT2D eigenvalue weighted by atomic mass is 32.2. The Balaban J connectivity index is 2.23. The quantitative estimate of drug-likeness (QED) is 0.735. The van der Waals surface area contributed by atoms with E-state index in [0.29, 0.717) is 5.56 Å². The van der Waals surface area contributed by atoms with Crippen LogP contribution < -0.4 is 4.72 Å². The van der Waals surface area contributed by atoms with Gasteiger partial charge in [-0.2, -0.15) is 0 Å². The van der Waals surface area contributed by atoms with Crippen molar-refractivity contribution >= 4 is 16.8 Å². The molecule has 0 aliphatic carbocycles. The molecule has 0 aromatic heterocycles. The first-order chi connectivity index (χ1) is 11.8. The van der Waals surface area contributed by atoms with E-state index in [2.05, 4.69) is 16.9 Å². The van der Waals surface area contributed by atoms with Gasteiger partial charge in [-0.25, -0.2) is 8.93 Å². The Bertz CT molecular complexity index is 735. The van der Waals surface area contributed by atoms with Crippen molar-refractivity contribution in [3.8, 4) is 0 Å². The Labute approximate surface area is 153 Å². The molecule has 0 fully saturated rings. The molecule has 0 bridgehead atoms. The van der Waals surface area contributed by atoms with E-state index in [-0.39, 0.29) is 16.6 Å². The van der Waals surface area contributed by atoms with Crippen molar-refractivity contribution in [3.63, 3.8) is 0 Å². The molecule has 0 saturated carbocycles. The molecule has 134 valence electrons. The number of aryl methyl sites for hydroxylation is 1. The summed E-state index contributed by atoms with van der Waals surface area (Å²) in [5, 5.41) is 0. The number of hydrogen-bond donors (Lipinski definition) is 1. The lowest BCUT2D eigenvalue weighted by Gasteiger charge is -2.25. The molecule has 0 radical (unpaired) electrons. The third-order valence-corrected chi connectivity index (χ3v) is 5.68. The average Bonchev–Trinajstić information content (AvgIpc) is 2.58. The predicted molar refractivity (Wildman–Crippen MR) is 105 cm³/mol. The van der Waals surface area contributed by atoms with Gasteiger partial charge in [0, 0.05) is 11.6 Å². The van der Waals surface area contributed by atoms with E-state index < -0.39 is 11.0 Å². The maximum absolute atomic E-state index is 12.6. The lowest BCUT2D eigenvalue weighted by molar-refractivity contribution is 0.101. The Morgan fingerprint density at radius 1 is 1.08 bits per heavy atom. The van der Waals surface area contributed by atoms with Gasteiger partial charge < -0.3 is 0 Å². The number of Topliss-reactive ketones (excluding diaryl/α,β-unsaturated/α-hetero) is 1. The van der Waals surface area contributed by atoms with Crippen molar-refractivity contribution in [2.24, 2.45) is 0 Å². The summed E-state index contributed by atoms with van der Waals surface area (Å²) in [6.45, 7) is 7.43. The van der Waals surface area contributed by atoms with Crippen LogP contribution in [-0.2, 0) is 17.4 Å². The molecule has 2 aromatic carbocycles. The van der Waals surface area contributed by atoms with Gasteiger partial charge in [0.2, 0.25) is 0 Å². The van der Waals surface area contributed by atoms with Crippen LogP contribution in [-0.4, -0.2) is 14.7 Å². The number of benzene rings is 2. The Morgan fingerprint density at radius 3 is 2.36 bits per heavy atom. The third-order valence-electron chi connectivity index (χ3n) is 4.07. The van der Waals surface area contributed by atoms with Crippen LogP contribution in [0.1, 0.15) is 61.6 Å². The number of rotatable bonds is 7. The lowest BCUT2D eigenvalue weighted by atomic mass is 9.97. The van der Waals surface area contributed by atoms with Gasteiger partial charge >= 0.3 is 0 Å². The number of carbonyl (C=O) groups is 1. The highest BCUT2D eigenvalue weighted by Crippen LogP contribution is 2.23. The maximum atomic E-state index is 12.6. The molecule has 0 saturated heterocycles. The molecule has 2 atom stereocenters. The summed E-state index contributed by atoms with van der Waals surface area (Å²) in [6, 6.07) is 17.8. The molecule has 0 amide bonds. The second kappa shape index (κ2) is 8.54. The topological polar surface area (TPSA) is 46.2 Å². The summed E-state index contributed by atoms with van der Waals surface area (Å²) in [4.78, 5) is 11.7. The minimum absolute atomic E-state index is 0.0422. The molecular weight excluding hydrogens is 330 g/mol. The Kier molecular flexibility index (Phi) is 6.68. The number of carbonyl (C=O) groups excluding carboxylic acids is 1. The molecule has 1 unspecified atom stereocenters. The Morgan fingerprint density at radius 2 is 1.76 bits per heavy atom. The fourth-order valence-electron chi connectivity index (χ4n) is 2.53. The van der Waals surface area contributed by atoms with Gasteiger partial charge in [0.05, 0.1) is 15.7 Å². The van der Waals surface area contributed by atoms with Crippen LogP contribution in [0.15, 0.2) is 54.6 Å². The van der Waals surface area contributed by atoms with E-state index in [0.717, 1.165) is 18.4 Å². The van der Waals surface area contributed by atoms with Gasteiger partial charge in [0.25, 0.3) is 0 Å². The summed E-state index contributed by atoms with van der Waals surface area (Å²) in [5.74, 6) is 0.0422. The molecule has 0 spiro atoms. The van der Waals surface area contributed by atoms with Gasteiger partial charge in [-0.05, 0) is 57.7 Å². The largest absolute Gasteiger partial charge is 0.295 e. The van der Waals surface area contributed by atoms with Crippen molar-refractivity contribution in [1.29, 1.82) is 0 Å². The van der Waals surface area contributed by atoms with E-state index in [4.69, 9.17) is 0 Å². The van der Waals surface area contributed by atoms with Crippen molar-refractivity contribution in [2.75, 3.05) is 0 Å². The number of nitrogens with one attached hydrogen (secondary N) is 1. The monoisotopic (exact) mass is 357 g/mol. The molecule has 0 aliphatic rings. The van der Waals surface area contributed by atoms with Gasteiger partial charge in [-0.15, -0.1) is 0 Å². The van der Waals surface area contributed by atoms with Crippen molar-refractivity contribution < 1.29 is 9.00 Å². The molecule has 4 heteroatoms. The highest BCUT2D eigenvalue weighted by Gasteiger charge is 2.24.